The lowest BCUT2D eigenvalue weighted by Crippen LogP contribution is -2.01. The second kappa shape index (κ2) is 3.31. The number of hydrogen-bond acceptors (Lipinski definition) is 3. The number of nitrogens with one attached hydrogen (secondary N) is 1. The number of aromatic amines is 1. The van der Waals surface area contributed by atoms with E-state index in [9.17, 15) is 4.79 Å². The molecule has 0 saturated carbocycles. The van der Waals surface area contributed by atoms with Crippen molar-refractivity contribution < 1.29 is 9.53 Å². The Labute approximate surface area is 84.8 Å². The summed E-state index contributed by atoms with van der Waals surface area (Å²) in [5, 5.41) is 7.70. The smallest absolute Gasteiger partial charge is 0.309 e. The van der Waals surface area contributed by atoms with Crippen molar-refractivity contribution in [2.45, 2.75) is 6.92 Å². The van der Waals surface area contributed by atoms with E-state index in [0.29, 0.717) is 10.4 Å². The van der Waals surface area contributed by atoms with E-state index < -0.39 is 5.97 Å². The first-order valence-electron chi connectivity index (χ1n) is 3.99. The molecule has 0 aliphatic rings. The van der Waals surface area contributed by atoms with Gasteiger partial charge in [0.1, 0.15) is 0 Å². The van der Waals surface area contributed by atoms with E-state index in [-0.39, 0.29) is 5.88 Å². The second-order valence-corrected chi connectivity index (χ2v) is 3.19. The zero-order chi connectivity index (χ0) is 10.1. The van der Waals surface area contributed by atoms with Gasteiger partial charge in [0, 0.05) is 6.92 Å². The van der Waals surface area contributed by atoms with E-state index in [2.05, 4.69) is 10.2 Å². The molecule has 72 valence electrons. The highest BCUT2D eigenvalue weighted by Crippen LogP contribution is 2.29. The standard InChI is InChI=1S/C9H7ClN2O2/c1-5(13)14-9-8-6(10)3-2-4-7(8)11-12-9/h2-4H,1H3,(H,11,12). The van der Waals surface area contributed by atoms with Gasteiger partial charge < -0.3 is 4.74 Å². The summed E-state index contributed by atoms with van der Waals surface area (Å²) in [6, 6.07) is 5.31. The van der Waals surface area contributed by atoms with Gasteiger partial charge in [-0.15, -0.1) is 5.10 Å². The molecule has 0 atom stereocenters. The number of carbonyl (C=O) groups is 1. The fourth-order valence-electron chi connectivity index (χ4n) is 1.21. The van der Waals surface area contributed by atoms with E-state index in [1.54, 1.807) is 18.2 Å². The van der Waals surface area contributed by atoms with Gasteiger partial charge in [-0.25, -0.2) is 0 Å². The van der Waals surface area contributed by atoms with E-state index >= 15 is 0 Å². The lowest BCUT2D eigenvalue weighted by Gasteiger charge is -1.97. The Bertz CT molecular complexity index is 493. The third-order valence-electron chi connectivity index (χ3n) is 1.75. The maximum absolute atomic E-state index is 10.7. The number of H-pyrrole nitrogens is 1. The molecule has 1 N–H and O–H groups in total. The van der Waals surface area contributed by atoms with Crippen LogP contribution in [0.1, 0.15) is 6.92 Å². The maximum Gasteiger partial charge on any atom is 0.309 e. The fourth-order valence-corrected chi connectivity index (χ4v) is 1.47. The number of benzene rings is 1. The normalized spacial score (nSPS) is 10.4. The molecule has 1 aromatic heterocycles. The Hall–Kier alpha value is -1.55. The minimum atomic E-state index is -0.418. The maximum atomic E-state index is 10.7. The highest BCUT2D eigenvalue weighted by Gasteiger charge is 2.11. The average molecular weight is 211 g/mol. The van der Waals surface area contributed by atoms with Crippen LogP contribution in [0.25, 0.3) is 10.9 Å². The van der Waals surface area contributed by atoms with Gasteiger partial charge in [-0.05, 0) is 12.1 Å². The lowest BCUT2D eigenvalue weighted by atomic mass is 10.2. The van der Waals surface area contributed by atoms with Gasteiger partial charge in [-0.1, -0.05) is 17.7 Å². The monoisotopic (exact) mass is 210 g/mol. The molecule has 14 heavy (non-hydrogen) atoms. The van der Waals surface area contributed by atoms with Crippen LogP contribution in [0.3, 0.4) is 0 Å². The fraction of sp³-hybridized carbons (Fsp3) is 0.111. The van der Waals surface area contributed by atoms with E-state index in [1.165, 1.54) is 6.92 Å². The van der Waals surface area contributed by atoms with Crippen LogP contribution < -0.4 is 4.74 Å². The van der Waals surface area contributed by atoms with Gasteiger partial charge in [-0.3, -0.25) is 9.89 Å². The Morgan fingerprint density at radius 2 is 2.36 bits per heavy atom. The molecule has 0 aliphatic carbocycles. The molecule has 1 aromatic carbocycles. The summed E-state index contributed by atoms with van der Waals surface area (Å²) in [4.78, 5) is 10.7. The number of aromatic nitrogens is 2. The quantitative estimate of drug-likeness (QED) is 0.734. The van der Waals surface area contributed by atoms with E-state index in [4.69, 9.17) is 16.3 Å². The topological polar surface area (TPSA) is 55.0 Å². The Morgan fingerprint density at radius 3 is 3.07 bits per heavy atom. The van der Waals surface area contributed by atoms with Crippen molar-refractivity contribution >= 4 is 28.5 Å². The molecular formula is C9H7ClN2O2. The summed E-state index contributed by atoms with van der Waals surface area (Å²) < 4.78 is 4.88. The Morgan fingerprint density at radius 1 is 1.57 bits per heavy atom. The summed E-state index contributed by atoms with van der Waals surface area (Å²) in [7, 11) is 0. The third-order valence-corrected chi connectivity index (χ3v) is 2.06. The molecule has 2 rings (SSSR count). The van der Waals surface area contributed by atoms with Gasteiger partial charge in [0.15, 0.2) is 0 Å². The highest BCUT2D eigenvalue weighted by molar-refractivity contribution is 6.35. The Balaban J connectivity index is 2.61. The first-order chi connectivity index (χ1) is 6.68. The number of esters is 1. The lowest BCUT2D eigenvalue weighted by molar-refractivity contribution is -0.132. The molecule has 0 fully saturated rings. The number of halogens is 1. The number of fused-ring (bicyclic) bond motifs is 1. The number of carbonyl (C=O) groups excluding carboxylic acids is 1. The predicted octanol–water partition coefficient (Wildman–Crippen LogP) is 2.14. The van der Waals surface area contributed by atoms with Crippen LogP contribution in [0.5, 0.6) is 5.88 Å². The van der Waals surface area contributed by atoms with Crippen LogP contribution in [0.4, 0.5) is 0 Å². The van der Waals surface area contributed by atoms with Gasteiger partial charge in [0.2, 0.25) is 0 Å². The van der Waals surface area contributed by atoms with Gasteiger partial charge in [0.05, 0.1) is 15.9 Å². The zero-order valence-corrected chi connectivity index (χ0v) is 8.13. The second-order valence-electron chi connectivity index (χ2n) is 2.78. The minimum Gasteiger partial charge on any atom is -0.405 e. The predicted molar refractivity (Wildman–Crippen MR) is 52.4 cm³/mol. The summed E-state index contributed by atoms with van der Waals surface area (Å²) in [6.07, 6.45) is 0. The molecule has 0 unspecified atom stereocenters. The first-order valence-corrected chi connectivity index (χ1v) is 4.37. The van der Waals surface area contributed by atoms with Crippen LogP contribution in [0.2, 0.25) is 5.02 Å². The van der Waals surface area contributed by atoms with Crippen molar-refractivity contribution in [1.82, 2.24) is 10.2 Å². The number of nitrogens with zero attached hydrogens (tertiary/aromatic N) is 1. The summed E-state index contributed by atoms with van der Waals surface area (Å²) in [5.41, 5.74) is 0.744. The van der Waals surface area contributed by atoms with Crippen LogP contribution >= 0.6 is 11.6 Å². The largest absolute Gasteiger partial charge is 0.405 e. The summed E-state index contributed by atoms with van der Waals surface area (Å²) in [5.74, 6) is -0.198. The number of rotatable bonds is 1. The van der Waals surface area contributed by atoms with Crippen molar-refractivity contribution in [3.63, 3.8) is 0 Å². The van der Waals surface area contributed by atoms with Crippen molar-refractivity contribution in [2.75, 3.05) is 0 Å². The van der Waals surface area contributed by atoms with E-state index in [0.717, 1.165) is 5.52 Å². The molecule has 5 heteroatoms. The van der Waals surface area contributed by atoms with Crippen LogP contribution in [-0.2, 0) is 4.79 Å². The van der Waals surface area contributed by atoms with Crippen LogP contribution in [-0.4, -0.2) is 16.2 Å². The Kier molecular flexibility index (Phi) is 2.13. The van der Waals surface area contributed by atoms with Crippen molar-refractivity contribution in [2.24, 2.45) is 0 Å². The van der Waals surface area contributed by atoms with E-state index in [1.807, 2.05) is 0 Å². The minimum absolute atomic E-state index is 0.220. The zero-order valence-electron chi connectivity index (χ0n) is 7.37. The van der Waals surface area contributed by atoms with Gasteiger partial charge in [0.25, 0.3) is 5.88 Å². The molecule has 1 heterocycles. The molecule has 0 aliphatic heterocycles. The molecule has 0 saturated heterocycles. The van der Waals surface area contributed by atoms with Gasteiger partial charge in [-0.2, -0.15) is 0 Å². The highest BCUT2D eigenvalue weighted by atomic mass is 35.5. The molecule has 0 amide bonds. The SMILES string of the molecule is CC(=O)Oc1n[nH]c2cccc(Cl)c12. The summed E-state index contributed by atoms with van der Waals surface area (Å²) >= 11 is 5.94. The molecule has 0 bridgehead atoms. The molecule has 0 radical (unpaired) electrons. The van der Waals surface area contributed by atoms with Gasteiger partial charge >= 0.3 is 5.97 Å². The molecule has 4 nitrogen and oxygen atoms in total. The molecular weight excluding hydrogens is 204 g/mol. The average Bonchev–Trinajstić information content (AvgIpc) is 2.49. The number of hydrogen-bond donors (Lipinski definition) is 1. The van der Waals surface area contributed by atoms with Crippen molar-refractivity contribution in [3.8, 4) is 5.88 Å². The number of ether oxygens (including phenoxy) is 1. The van der Waals surface area contributed by atoms with Crippen molar-refractivity contribution in [3.05, 3.63) is 23.2 Å². The first kappa shape index (κ1) is 9.02. The van der Waals surface area contributed by atoms with Crippen molar-refractivity contribution in [1.29, 1.82) is 0 Å². The summed E-state index contributed by atoms with van der Waals surface area (Å²) in [6.45, 7) is 1.32. The third kappa shape index (κ3) is 1.44. The molecule has 2 aromatic rings. The molecule has 0 spiro atoms. The van der Waals surface area contributed by atoms with Crippen LogP contribution in [0, 0.1) is 0 Å². The van der Waals surface area contributed by atoms with Crippen LogP contribution in [0.15, 0.2) is 18.2 Å².